The van der Waals surface area contributed by atoms with Crippen LogP contribution in [0.4, 0.5) is 17.2 Å². The molecule has 90 valence electrons. The first kappa shape index (κ1) is 11.9. The molecule has 0 atom stereocenters. The number of hydrogen-bond donors (Lipinski definition) is 1. The summed E-state index contributed by atoms with van der Waals surface area (Å²) in [5.74, 6) is 0.656. The molecule has 0 aliphatic carbocycles. The van der Waals surface area contributed by atoms with Crippen LogP contribution in [0.15, 0.2) is 36.5 Å². The van der Waals surface area contributed by atoms with Gasteiger partial charge < -0.3 is 10.6 Å². The highest BCUT2D eigenvalue weighted by molar-refractivity contribution is 5.73. The molecule has 18 heavy (non-hydrogen) atoms. The molecule has 0 saturated carbocycles. The Balaban J connectivity index is 2.44. The van der Waals surface area contributed by atoms with Gasteiger partial charge in [0, 0.05) is 18.9 Å². The number of nitrogens with two attached hydrogens (primary N) is 1. The standard InChI is InChI=1S/C14H14N4/c1-10-5-3-4-6-13(10)18(2)14-12(16)7-11(8-15)9-17-14/h3-7,9H,16H2,1-2H3. The number of pyridine rings is 1. The first-order chi connectivity index (χ1) is 8.63. The van der Waals surface area contributed by atoms with Crippen LogP contribution in [0.3, 0.4) is 0 Å². The minimum atomic E-state index is 0.467. The summed E-state index contributed by atoms with van der Waals surface area (Å²) in [7, 11) is 1.91. The van der Waals surface area contributed by atoms with E-state index in [4.69, 9.17) is 11.0 Å². The zero-order valence-corrected chi connectivity index (χ0v) is 10.4. The maximum atomic E-state index is 8.79. The lowest BCUT2D eigenvalue weighted by Gasteiger charge is -2.21. The Morgan fingerprint density at radius 3 is 2.67 bits per heavy atom. The van der Waals surface area contributed by atoms with Crippen LogP contribution in [0.25, 0.3) is 0 Å². The highest BCUT2D eigenvalue weighted by Crippen LogP contribution is 2.29. The Hall–Kier alpha value is -2.54. The molecule has 1 aromatic heterocycles. The predicted octanol–water partition coefficient (Wildman–Crippen LogP) is 2.61. The topological polar surface area (TPSA) is 65.9 Å². The quantitative estimate of drug-likeness (QED) is 0.873. The van der Waals surface area contributed by atoms with Crippen molar-refractivity contribution in [2.75, 3.05) is 17.7 Å². The van der Waals surface area contributed by atoms with E-state index in [-0.39, 0.29) is 0 Å². The van der Waals surface area contributed by atoms with Gasteiger partial charge in [-0.15, -0.1) is 0 Å². The summed E-state index contributed by atoms with van der Waals surface area (Å²) in [4.78, 5) is 6.17. The fourth-order valence-electron chi connectivity index (χ4n) is 1.87. The molecule has 0 radical (unpaired) electrons. The van der Waals surface area contributed by atoms with Gasteiger partial charge in [-0.1, -0.05) is 18.2 Å². The summed E-state index contributed by atoms with van der Waals surface area (Å²) < 4.78 is 0. The predicted molar refractivity (Wildman–Crippen MR) is 72.6 cm³/mol. The molecule has 1 aromatic carbocycles. The molecule has 2 rings (SSSR count). The van der Waals surface area contributed by atoms with Gasteiger partial charge in [0.15, 0.2) is 5.82 Å². The van der Waals surface area contributed by atoms with Crippen LogP contribution in [0, 0.1) is 18.3 Å². The third-order valence-electron chi connectivity index (χ3n) is 2.82. The van der Waals surface area contributed by atoms with Crippen molar-refractivity contribution in [3.05, 3.63) is 47.7 Å². The van der Waals surface area contributed by atoms with E-state index < -0.39 is 0 Å². The molecule has 2 aromatic rings. The van der Waals surface area contributed by atoms with E-state index in [0.29, 0.717) is 17.1 Å². The Labute approximate surface area is 106 Å². The number of nitriles is 1. The fraction of sp³-hybridized carbons (Fsp3) is 0.143. The van der Waals surface area contributed by atoms with Crippen LogP contribution in [0.2, 0.25) is 0 Å². The van der Waals surface area contributed by atoms with Gasteiger partial charge in [-0.25, -0.2) is 4.98 Å². The van der Waals surface area contributed by atoms with Crippen molar-refractivity contribution in [1.82, 2.24) is 4.98 Å². The number of para-hydroxylation sites is 1. The monoisotopic (exact) mass is 238 g/mol. The Bertz CT molecular complexity index is 613. The molecule has 0 unspecified atom stereocenters. The lowest BCUT2D eigenvalue weighted by molar-refractivity contribution is 1.11. The second-order valence-corrected chi connectivity index (χ2v) is 4.09. The summed E-state index contributed by atoms with van der Waals surface area (Å²) in [6.07, 6.45) is 1.53. The van der Waals surface area contributed by atoms with E-state index in [1.165, 1.54) is 6.20 Å². The normalized spacial score (nSPS) is 9.83. The van der Waals surface area contributed by atoms with Crippen molar-refractivity contribution in [3.63, 3.8) is 0 Å². The maximum absolute atomic E-state index is 8.79. The summed E-state index contributed by atoms with van der Waals surface area (Å²) in [6, 6.07) is 11.7. The van der Waals surface area contributed by atoms with Crippen molar-refractivity contribution in [3.8, 4) is 6.07 Å². The minimum Gasteiger partial charge on any atom is -0.396 e. The second kappa shape index (κ2) is 4.76. The number of aromatic nitrogens is 1. The Morgan fingerprint density at radius 1 is 1.33 bits per heavy atom. The molecular weight excluding hydrogens is 224 g/mol. The van der Waals surface area contributed by atoms with Gasteiger partial charge in [-0.2, -0.15) is 5.26 Å². The number of nitrogen functional groups attached to an aromatic ring is 1. The van der Waals surface area contributed by atoms with Crippen molar-refractivity contribution in [1.29, 1.82) is 5.26 Å². The Morgan fingerprint density at radius 2 is 2.06 bits per heavy atom. The summed E-state index contributed by atoms with van der Waals surface area (Å²) in [5, 5.41) is 8.79. The third-order valence-corrected chi connectivity index (χ3v) is 2.82. The first-order valence-corrected chi connectivity index (χ1v) is 5.58. The van der Waals surface area contributed by atoms with Crippen LogP contribution in [0.1, 0.15) is 11.1 Å². The SMILES string of the molecule is Cc1ccccc1N(C)c1ncc(C#N)cc1N. The molecule has 4 heteroatoms. The van der Waals surface area contributed by atoms with E-state index in [1.54, 1.807) is 6.07 Å². The number of aryl methyl sites for hydroxylation is 1. The van der Waals surface area contributed by atoms with Crippen molar-refractivity contribution < 1.29 is 0 Å². The molecular formula is C14H14N4. The Kier molecular flexibility index (Phi) is 3.16. The van der Waals surface area contributed by atoms with Gasteiger partial charge in [-0.05, 0) is 24.6 Å². The number of benzene rings is 1. The van der Waals surface area contributed by atoms with Crippen molar-refractivity contribution >= 4 is 17.2 Å². The van der Waals surface area contributed by atoms with Crippen LogP contribution < -0.4 is 10.6 Å². The molecule has 0 aliphatic heterocycles. The van der Waals surface area contributed by atoms with Gasteiger partial charge >= 0.3 is 0 Å². The number of hydrogen-bond acceptors (Lipinski definition) is 4. The lowest BCUT2D eigenvalue weighted by Crippen LogP contribution is -2.14. The van der Waals surface area contributed by atoms with Gasteiger partial charge in [0.1, 0.15) is 6.07 Å². The molecule has 1 heterocycles. The van der Waals surface area contributed by atoms with Gasteiger partial charge in [0.05, 0.1) is 11.3 Å². The van der Waals surface area contributed by atoms with Gasteiger partial charge in [0.2, 0.25) is 0 Å². The second-order valence-electron chi connectivity index (χ2n) is 4.09. The molecule has 0 bridgehead atoms. The minimum absolute atomic E-state index is 0.467. The van der Waals surface area contributed by atoms with Gasteiger partial charge in [-0.3, -0.25) is 0 Å². The van der Waals surface area contributed by atoms with E-state index in [1.807, 2.05) is 49.2 Å². The lowest BCUT2D eigenvalue weighted by atomic mass is 10.2. The largest absolute Gasteiger partial charge is 0.396 e. The number of anilines is 3. The van der Waals surface area contributed by atoms with Crippen LogP contribution in [-0.4, -0.2) is 12.0 Å². The maximum Gasteiger partial charge on any atom is 0.156 e. The average molecular weight is 238 g/mol. The van der Waals surface area contributed by atoms with Crippen molar-refractivity contribution in [2.45, 2.75) is 6.92 Å². The van der Waals surface area contributed by atoms with E-state index >= 15 is 0 Å². The summed E-state index contributed by atoms with van der Waals surface area (Å²) in [5.41, 5.74) is 9.08. The first-order valence-electron chi connectivity index (χ1n) is 5.58. The average Bonchev–Trinajstić information content (AvgIpc) is 2.38. The van der Waals surface area contributed by atoms with Crippen LogP contribution in [0.5, 0.6) is 0 Å². The summed E-state index contributed by atoms with van der Waals surface area (Å²) >= 11 is 0. The third kappa shape index (κ3) is 2.11. The molecule has 0 aliphatic rings. The molecule has 2 N–H and O–H groups in total. The number of rotatable bonds is 2. The van der Waals surface area contributed by atoms with Crippen LogP contribution >= 0.6 is 0 Å². The molecule has 0 saturated heterocycles. The highest BCUT2D eigenvalue weighted by Gasteiger charge is 2.11. The zero-order valence-electron chi connectivity index (χ0n) is 10.4. The number of nitrogens with zero attached hydrogens (tertiary/aromatic N) is 3. The van der Waals surface area contributed by atoms with Crippen LogP contribution in [-0.2, 0) is 0 Å². The van der Waals surface area contributed by atoms with E-state index in [0.717, 1.165) is 11.3 Å². The molecule has 0 fully saturated rings. The van der Waals surface area contributed by atoms with E-state index in [9.17, 15) is 0 Å². The van der Waals surface area contributed by atoms with Gasteiger partial charge in [0.25, 0.3) is 0 Å². The zero-order chi connectivity index (χ0) is 13.1. The summed E-state index contributed by atoms with van der Waals surface area (Å²) in [6.45, 7) is 2.03. The highest BCUT2D eigenvalue weighted by atomic mass is 15.2. The molecule has 0 amide bonds. The molecule has 0 spiro atoms. The molecule has 4 nitrogen and oxygen atoms in total. The smallest absolute Gasteiger partial charge is 0.156 e. The fourth-order valence-corrected chi connectivity index (χ4v) is 1.87. The van der Waals surface area contributed by atoms with Crippen molar-refractivity contribution in [2.24, 2.45) is 0 Å². The van der Waals surface area contributed by atoms with E-state index in [2.05, 4.69) is 4.98 Å².